The molecule has 1 aliphatic rings. The fourth-order valence-electron chi connectivity index (χ4n) is 5.84. The van der Waals surface area contributed by atoms with Crippen molar-refractivity contribution in [2.24, 2.45) is 5.92 Å². The highest BCUT2D eigenvalue weighted by Gasteiger charge is 2.29. The lowest BCUT2D eigenvalue weighted by atomic mass is 9.97. The van der Waals surface area contributed by atoms with E-state index in [2.05, 4.69) is 26.1 Å². The number of nitrogens with zero attached hydrogens (tertiary/aromatic N) is 6. The molecule has 0 saturated heterocycles. The van der Waals surface area contributed by atoms with Crippen molar-refractivity contribution in [2.45, 2.75) is 91.4 Å². The SMILES string of the molecule is CC[C@H](C)[C@@H]1NC(=O)CCCN(C(=O)CCn2cc(C)cn2)CCCNC(=O)Cn2nc(Cc3ccc(OC)c(OC)c3)nc2[C@@H](C)NC1=O. The normalized spacial score (nSPS) is 18.9. The van der Waals surface area contributed by atoms with Crippen molar-refractivity contribution in [1.29, 1.82) is 0 Å². The van der Waals surface area contributed by atoms with Gasteiger partial charge in [0.05, 0.1) is 26.5 Å². The number of benzene rings is 1. The number of aryl methyl sites for hydroxylation is 2. The van der Waals surface area contributed by atoms with Crippen LogP contribution < -0.4 is 25.4 Å². The van der Waals surface area contributed by atoms with Gasteiger partial charge in [-0.2, -0.15) is 10.2 Å². The number of amides is 4. The van der Waals surface area contributed by atoms with Gasteiger partial charge in [-0.3, -0.25) is 23.9 Å². The number of nitrogens with one attached hydrogen (secondary N) is 3. The number of ether oxygens (including phenoxy) is 2. The van der Waals surface area contributed by atoms with E-state index in [1.807, 2.05) is 39.1 Å². The number of aromatic nitrogens is 5. The van der Waals surface area contributed by atoms with Crippen LogP contribution >= 0.6 is 0 Å². The van der Waals surface area contributed by atoms with Gasteiger partial charge in [-0.1, -0.05) is 26.3 Å². The van der Waals surface area contributed by atoms with Gasteiger partial charge in [-0.05, 0) is 55.9 Å². The summed E-state index contributed by atoms with van der Waals surface area (Å²) in [6.07, 6.45) is 6.02. The van der Waals surface area contributed by atoms with Crippen LogP contribution in [-0.4, -0.2) is 93.0 Å². The van der Waals surface area contributed by atoms with Crippen molar-refractivity contribution in [1.82, 2.24) is 45.4 Å². The molecule has 3 aromatic rings. The van der Waals surface area contributed by atoms with E-state index < -0.39 is 12.1 Å². The molecule has 50 heavy (non-hydrogen) atoms. The summed E-state index contributed by atoms with van der Waals surface area (Å²) in [6.45, 7) is 9.05. The molecule has 0 spiro atoms. The van der Waals surface area contributed by atoms with E-state index in [-0.39, 0.29) is 48.9 Å². The summed E-state index contributed by atoms with van der Waals surface area (Å²) in [5, 5.41) is 17.8. The number of methoxy groups -OCH3 is 2. The Labute approximate surface area is 293 Å². The van der Waals surface area contributed by atoms with Crippen molar-refractivity contribution in [2.75, 3.05) is 33.9 Å². The highest BCUT2D eigenvalue weighted by Crippen LogP contribution is 2.28. The molecule has 272 valence electrons. The van der Waals surface area contributed by atoms with E-state index in [0.717, 1.165) is 11.1 Å². The average molecular weight is 694 g/mol. The van der Waals surface area contributed by atoms with Gasteiger partial charge in [-0.25, -0.2) is 9.67 Å². The molecule has 3 atom stereocenters. The van der Waals surface area contributed by atoms with Gasteiger partial charge in [0.15, 0.2) is 17.3 Å². The molecule has 0 fully saturated rings. The van der Waals surface area contributed by atoms with Crippen molar-refractivity contribution < 1.29 is 28.7 Å². The number of hydrogen-bond acceptors (Lipinski definition) is 9. The minimum atomic E-state index is -0.782. The van der Waals surface area contributed by atoms with Gasteiger partial charge in [0.1, 0.15) is 18.4 Å². The number of fused-ring (bicyclic) bond motifs is 1. The summed E-state index contributed by atoms with van der Waals surface area (Å²) >= 11 is 0. The lowest BCUT2D eigenvalue weighted by molar-refractivity contribution is -0.132. The van der Waals surface area contributed by atoms with Crippen molar-refractivity contribution in [3.8, 4) is 11.5 Å². The zero-order valence-electron chi connectivity index (χ0n) is 30.0. The maximum absolute atomic E-state index is 13.7. The lowest BCUT2D eigenvalue weighted by Crippen LogP contribution is -2.51. The first-order valence-corrected chi connectivity index (χ1v) is 17.3. The second-order valence-electron chi connectivity index (χ2n) is 12.8. The molecule has 3 heterocycles. The predicted molar refractivity (Wildman–Crippen MR) is 185 cm³/mol. The van der Waals surface area contributed by atoms with E-state index in [1.165, 1.54) is 4.68 Å². The average Bonchev–Trinajstić information content (AvgIpc) is 3.70. The van der Waals surface area contributed by atoms with Gasteiger partial charge in [0.2, 0.25) is 23.6 Å². The molecule has 15 nitrogen and oxygen atoms in total. The number of rotatable bonds is 9. The van der Waals surface area contributed by atoms with E-state index in [1.54, 1.807) is 43.0 Å². The molecule has 3 N–H and O–H groups in total. The van der Waals surface area contributed by atoms with Crippen LogP contribution in [0.4, 0.5) is 0 Å². The molecular weight excluding hydrogens is 642 g/mol. The van der Waals surface area contributed by atoms with Crippen LogP contribution in [-0.2, 0) is 38.7 Å². The second kappa shape index (κ2) is 18.2. The zero-order valence-corrected chi connectivity index (χ0v) is 30.0. The molecule has 4 rings (SSSR count). The Balaban J connectivity index is 1.55. The Hall–Kier alpha value is -4.95. The molecule has 0 saturated carbocycles. The van der Waals surface area contributed by atoms with Crippen LogP contribution in [0.1, 0.15) is 81.7 Å². The third-order valence-corrected chi connectivity index (χ3v) is 8.83. The van der Waals surface area contributed by atoms with Crippen molar-refractivity contribution >= 4 is 23.6 Å². The Morgan fingerprint density at radius 3 is 2.52 bits per heavy atom. The number of carbonyl (C=O) groups excluding carboxylic acids is 4. The molecule has 0 aliphatic carbocycles. The van der Waals surface area contributed by atoms with E-state index in [0.29, 0.717) is 75.0 Å². The fourth-order valence-corrected chi connectivity index (χ4v) is 5.84. The minimum Gasteiger partial charge on any atom is -0.493 e. The Kier molecular flexibility index (Phi) is 13.8. The summed E-state index contributed by atoms with van der Waals surface area (Å²) in [4.78, 5) is 59.7. The van der Waals surface area contributed by atoms with E-state index >= 15 is 0 Å². The third kappa shape index (κ3) is 10.5. The van der Waals surface area contributed by atoms with Crippen LogP contribution in [0.3, 0.4) is 0 Å². The topological polar surface area (TPSA) is 175 Å². The van der Waals surface area contributed by atoms with Gasteiger partial charge < -0.3 is 30.3 Å². The Bertz CT molecular complexity index is 1620. The van der Waals surface area contributed by atoms with Crippen LogP contribution in [0.15, 0.2) is 30.6 Å². The largest absolute Gasteiger partial charge is 0.493 e. The predicted octanol–water partition coefficient (Wildman–Crippen LogP) is 2.32. The first kappa shape index (κ1) is 37.9. The molecule has 0 unspecified atom stereocenters. The Morgan fingerprint density at radius 2 is 1.82 bits per heavy atom. The second-order valence-corrected chi connectivity index (χ2v) is 12.8. The van der Waals surface area contributed by atoms with E-state index in [9.17, 15) is 19.2 Å². The maximum atomic E-state index is 13.7. The monoisotopic (exact) mass is 693 g/mol. The van der Waals surface area contributed by atoms with E-state index in [4.69, 9.17) is 14.5 Å². The van der Waals surface area contributed by atoms with Crippen molar-refractivity contribution in [3.63, 3.8) is 0 Å². The minimum absolute atomic E-state index is 0.0561. The molecule has 0 bridgehead atoms. The highest BCUT2D eigenvalue weighted by molar-refractivity contribution is 5.88. The lowest BCUT2D eigenvalue weighted by Gasteiger charge is -2.26. The summed E-state index contributed by atoms with van der Waals surface area (Å²) < 4.78 is 14.0. The fraction of sp³-hybridized carbons (Fsp3) is 0.571. The maximum Gasteiger partial charge on any atom is 0.243 e. The first-order valence-electron chi connectivity index (χ1n) is 17.3. The van der Waals surface area contributed by atoms with Crippen LogP contribution in [0, 0.1) is 12.8 Å². The molecule has 4 amide bonds. The van der Waals surface area contributed by atoms with Crippen LogP contribution in [0.2, 0.25) is 0 Å². The summed E-state index contributed by atoms with van der Waals surface area (Å²) in [5.41, 5.74) is 1.89. The molecule has 1 aromatic carbocycles. The van der Waals surface area contributed by atoms with Gasteiger partial charge in [0, 0.05) is 51.6 Å². The quantitative estimate of drug-likeness (QED) is 0.304. The number of hydrogen-bond donors (Lipinski definition) is 3. The molecule has 2 aromatic heterocycles. The molecule has 1 aliphatic heterocycles. The van der Waals surface area contributed by atoms with Crippen molar-refractivity contribution in [3.05, 3.63) is 53.4 Å². The van der Waals surface area contributed by atoms with Crippen LogP contribution in [0.25, 0.3) is 0 Å². The van der Waals surface area contributed by atoms with Gasteiger partial charge >= 0.3 is 0 Å². The summed E-state index contributed by atoms with van der Waals surface area (Å²) in [5.74, 6) is 0.938. The Morgan fingerprint density at radius 1 is 1.06 bits per heavy atom. The zero-order chi connectivity index (χ0) is 36.2. The molecular formula is C35H51N9O6. The standard InChI is InChI=1S/C35H51N9O6/c1-7-24(3)33-35(48)38-25(4)34-39-29(19-26-11-12-27(49-5)28(18-26)50-6)41-44(34)22-31(46)36-14-9-16-42(15-8-10-30(45)40-33)32(47)13-17-43-21-23(2)20-37-43/h11-12,18,20-21,24-25,33H,7-10,13-17,19,22H2,1-6H3,(H,36,46)(H,38,48)(H,40,45)/t24-,25+,33-/m0/s1. The van der Waals surface area contributed by atoms with Gasteiger partial charge in [0.25, 0.3) is 0 Å². The number of carbonyl (C=O) groups is 4. The summed E-state index contributed by atoms with van der Waals surface area (Å²) in [6, 6.07) is 4.13. The van der Waals surface area contributed by atoms with Gasteiger partial charge in [-0.15, -0.1) is 0 Å². The molecule has 0 radical (unpaired) electrons. The summed E-state index contributed by atoms with van der Waals surface area (Å²) in [7, 11) is 3.13. The smallest absolute Gasteiger partial charge is 0.243 e. The van der Waals surface area contributed by atoms with Crippen LogP contribution in [0.5, 0.6) is 11.5 Å². The highest BCUT2D eigenvalue weighted by atomic mass is 16.5. The first-order chi connectivity index (χ1) is 24.0. The third-order valence-electron chi connectivity index (χ3n) is 8.83. The molecule has 15 heteroatoms.